The van der Waals surface area contributed by atoms with Gasteiger partial charge in [-0.05, 0) is 35.4 Å². The number of halogens is 2. The van der Waals surface area contributed by atoms with Crippen LogP contribution < -0.4 is 5.32 Å². The Morgan fingerprint density at radius 2 is 1.82 bits per heavy atom. The first-order valence-corrected chi connectivity index (χ1v) is 7.70. The summed E-state index contributed by atoms with van der Waals surface area (Å²) in [5, 5.41) is 4.73. The van der Waals surface area contributed by atoms with Crippen molar-refractivity contribution in [1.82, 2.24) is 14.9 Å². The molecule has 5 heteroatoms. The second-order valence-electron chi connectivity index (χ2n) is 4.98. The molecule has 22 heavy (non-hydrogen) atoms. The average molecular weight is 332 g/mol. The van der Waals surface area contributed by atoms with Gasteiger partial charge in [-0.1, -0.05) is 41.4 Å². The lowest BCUT2D eigenvalue weighted by molar-refractivity contribution is 0.693. The van der Waals surface area contributed by atoms with Gasteiger partial charge in [0.2, 0.25) is 0 Å². The van der Waals surface area contributed by atoms with Crippen molar-refractivity contribution in [2.45, 2.75) is 13.1 Å². The third-order valence-corrected chi connectivity index (χ3v) is 3.99. The highest BCUT2D eigenvalue weighted by molar-refractivity contribution is 6.35. The molecule has 0 saturated carbocycles. The van der Waals surface area contributed by atoms with Gasteiger partial charge in [-0.2, -0.15) is 0 Å². The molecule has 0 aliphatic carbocycles. The van der Waals surface area contributed by atoms with E-state index in [9.17, 15) is 0 Å². The van der Waals surface area contributed by atoms with Crippen LogP contribution in [0.4, 0.5) is 0 Å². The first-order valence-electron chi connectivity index (χ1n) is 6.94. The number of nitrogens with zero attached hydrogens (tertiary/aromatic N) is 2. The van der Waals surface area contributed by atoms with Gasteiger partial charge in [-0.25, -0.2) is 4.98 Å². The number of hydrogen-bond donors (Lipinski definition) is 1. The van der Waals surface area contributed by atoms with Crippen molar-refractivity contribution in [3.8, 4) is 5.69 Å². The highest BCUT2D eigenvalue weighted by Gasteiger charge is 2.01. The van der Waals surface area contributed by atoms with Crippen LogP contribution in [-0.2, 0) is 13.1 Å². The van der Waals surface area contributed by atoms with Crippen LogP contribution in [0.15, 0.2) is 61.2 Å². The van der Waals surface area contributed by atoms with Gasteiger partial charge in [0.25, 0.3) is 0 Å². The lowest BCUT2D eigenvalue weighted by atomic mass is 10.2. The van der Waals surface area contributed by atoms with Crippen molar-refractivity contribution < 1.29 is 0 Å². The maximum Gasteiger partial charge on any atom is 0.0991 e. The van der Waals surface area contributed by atoms with E-state index in [1.54, 1.807) is 18.6 Å². The third kappa shape index (κ3) is 3.69. The lowest BCUT2D eigenvalue weighted by Crippen LogP contribution is -2.13. The Morgan fingerprint density at radius 3 is 2.50 bits per heavy atom. The first kappa shape index (κ1) is 15.1. The molecule has 2 aromatic carbocycles. The lowest BCUT2D eigenvalue weighted by Gasteiger charge is -2.08. The topological polar surface area (TPSA) is 29.9 Å². The zero-order valence-electron chi connectivity index (χ0n) is 11.8. The summed E-state index contributed by atoms with van der Waals surface area (Å²) in [5.41, 5.74) is 3.36. The van der Waals surface area contributed by atoms with Crippen molar-refractivity contribution in [2.75, 3.05) is 0 Å². The van der Waals surface area contributed by atoms with Crippen molar-refractivity contribution in [2.24, 2.45) is 0 Å². The highest BCUT2D eigenvalue weighted by atomic mass is 35.5. The molecule has 1 aromatic heterocycles. The van der Waals surface area contributed by atoms with Gasteiger partial charge < -0.3 is 9.88 Å². The third-order valence-electron chi connectivity index (χ3n) is 3.40. The molecular formula is C17H15Cl2N3. The Bertz CT molecular complexity index is 737. The van der Waals surface area contributed by atoms with E-state index in [1.165, 1.54) is 5.56 Å². The molecule has 0 bridgehead atoms. The molecule has 0 atom stereocenters. The second kappa shape index (κ2) is 6.97. The molecule has 0 radical (unpaired) electrons. The van der Waals surface area contributed by atoms with E-state index < -0.39 is 0 Å². The Hall–Kier alpha value is -1.81. The number of rotatable bonds is 5. The summed E-state index contributed by atoms with van der Waals surface area (Å²) in [6.45, 7) is 1.49. The molecule has 1 heterocycles. The minimum atomic E-state index is 0.656. The molecule has 0 aliphatic heterocycles. The fourth-order valence-electron chi connectivity index (χ4n) is 2.20. The molecule has 1 N–H and O–H groups in total. The molecule has 3 aromatic rings. The summed E-state index contributed by atoms with van der Waals surface area (Å²) in [6, 6.07) is 13.9. The fourth-order valence-corrected chi connectivity index (χ4v) is 2.68. The Morgan fingerprint density at radius 1 is 1.00 bits per heavy atom. The monoisotopic (exact) mass is 331 g/mol. The van der Waals surface area contributed by atoms with Crippen LogP contribution in [0.5, 0.6) is 0 Å². The van der Waals surface area contributed by atoms with Crippen molar-refractivity contribution in [1.29, 1.82) is 0 Å². The van der Waals surface area contributed by atoms with Crippen molar-refractivity contribution in [3.63, 3.8) is 0 Å². The van der Waals surface area contributed by atoms with Crippen LogP contribution in [-0.4, -0.2) is 9.55 Å². The molecule has 3 rings (SSSR count). The zero-order chi connectivity index (χ0) is 15.4. The molecule has 0 fully saturated rings. The van der Waals surface area contributed by atoms with E-state index >= 15 is 0 Å². The van der Waals surface area contributed by atoms with Crippen LogP contribution >= 0.6 is 23.2 Å². The van der Waals surface area contributed by atoms with Crippen LogP contribution in [0.1, 0.15) is 11.1 Å². The molecule has 0 saturated heterocycles. The predicted molar refractivity (Wildman–Crippen MR) is 90.6 cm³/mol. The molecular weight excluding hydrogens is 317 g/mol. The molecule has 0 unspecified atom stereocenters. The summed E-state index contributed by atoms with van der Waals surface area (Å²) in [7, 11) is 0. The van der Waals surface area contributed by atoms with Gasteiger partial charge in [0.05, 0.1) is 6.33 Å². The first-order chi connectivity index (χ1) is 10.7. The van der Waals surface area contributed by atoms with E-state index in [2.05, 4.69) is 34.6 Å². The summed E-state index contributed by atoms with van der Waals surface area (Å²) >= 11 is 12.0. The van der Waals surface area contributed by atoms with E-state index in [1.807, 2.05) is 22.9 Å². The fraction of sp³-hybridized carbons (Fsp3) is 0.118. The van der Waals surface area contributed by atoms with Gasteiger partial charge in [0.1, 0.15) is 0 Å². The standard InChI is InChI=1S/C17H15Cl2N3/c18-15-4-3-14(17(19)9-15)11-21-10-13-1-5-16(6-2-13)22-8-7-20-12-22/h1-9,12,21H,10-11H2. The van der Waals surface area contributed by atoms with Crippen LogP contribution in [0.3, 0.4) is 0 Å². The maximum absolute atomic E-state index is 6.16. The van der Waals surface area contributed by atoms with Crippen molar-refractivity contribution in [3.05, 3.63) is 82.4 Å². The summed E-state index contributed by atoms with van der Waals surface area (Å²) in [5.74, 6) is 0. The molecule has 0 aliphatic rings. The number of imidazole rings is 1. The Labute approximate surface area is 139 Å². The van der Waals surface area contributed by atoms with Crippen LogP contribution in [0, 0.1) is 0 Å². The van der Waals surface area contributed by atoms with Crippen molar-refractivity contribution >= 4 is 23.2 Å². The number of aromatic nitrogens is 2. The Balaban J connectivity index is 1.57. The van der Waals surface area contributed by atoms with Crippen LogP contribution in [0.25, 0.3) is 5.69 Å². The van der Waals surface area contributed by atoms with E-state index in [0.717, 1.165) is 17.8 Å². The van der Waals surface area contributed by atoms with Gasteiger partial charge in [0, 0.05) is 41.2 Å². The average Bonchev–Trinajstić information content (AvgIpc) is 3.04. The second-order valence-corrected chi connectivity index (χ2v) is 5.82. The molecule has 112 valence electrons. The summed E-state index contributed by atoms with van der Waals surface area (Å²) in [6.07, 6.45) is 5.48. The number of benzene rings is 2. The summed E-state index contributed by atoms with van der Waals surface area (Å²) in [4.78, 5) is 4.05. The van der Waals surface area contributed by atoms with Gasteiger partial charge in [0.15, 0.2) is 0 Å². The Kier molecular flexibility index (Phi) is 4.78. The quantitative estimate of drug-likeness (QED) is 0.747. The van der Waals surface area contributed by atoms with Gasteiger partial charge in [-0.15, -0.1) is 0 Å². The number of hydrogen-bond acceptors (Lipinski definition) is 2. The van der Waals surface area contributed by atoms with Gasteiger partial charge in [-0.3, -0.25) is 0 Å². The molecule has 0 spiro atoms. The molecule has 0 amide bonds. The van der Waals surface area contributed by atoms with E-state index in [-0.39, 0.29) is 0 Å². The normalized spacial score (nSPS) is 10.8. The smallest absolute Gasteiger partial charge is 0.0991 e. The van der Waals surface area contributed by atoms with Gasteiger partial charge >= 0.3 is 0 Å². The van der Waals surface area contributed by atoms with Crippen LogP contribution in [0.2, 0.25) is 10.0 Å². The minimum Gasteiger partial charge on any atom is -0.309 e. The summed E-state index contributed by atoms with van der Waals surface area (Å²) < 4.78 is 1.98. The molecule has 3 nitrogen and oxygen atoms in total. The van der Waals surface area contributed by atoms with E-state index in [0.29, 0.717) is 16.6 Å². The SMILES string of the molecule is Clc1ccc(CNCc2ccc(-n3ccnc3)cc2)c(Cl)c1. The predicted octanol–water partition coefficient (Wildman–Crippen LogP) is 4.47. The van der Waals surface area contributed by atoms with E-state index in [4.69, 9.17) is 23.2 Å². The largest absolute Gasteiger partial charge is 0.309 e. The highest BCUT2D eigenvalue weighted by Crippen LogP contribution is 2.20. The minimum absolute atomic E-state index is 0.656. The number of nitrogens with one attached hydrogen (secondary N) is 1. The zero-order valence-corrected chi connectivity index (χ0v) is 13.3. The maximum atomic E-state index is 6.16.